The van der Waals surface area contributed by atoms with E-state index in [4.69, 9.17) is 4.74 Å². The SMILES string of the molecule is CC1=C(C(=O)OC(C)C)C(c2cccc([N+](=O)[O-])c2)N(CCCN2CC(c3ccccc3)=NC2=O)C(=O)N1. The van der Waals surface area contributed by atoms with Crippen LogP contribution in [0.2, 0.25) is 0 Å². The van der Waals surface area contributed by atoms with Gasteiger partial charge in [0.1, 0.15) is 0 Å². The first kappa shape index (κ1) is 26.5. The summed E-state index contributed by atoms with van der Waals surface area (Å²) in [6, 6.07) is 13.6. The number of amides is 4. The first-order valence-electron chi connectivity index (χ1n) is 12.3. The minimum atomic E-state index is -0.902. The fourth-order valence-electron chi connectivity index (χ4n) is 4.57. The van der Waals surface area contributed by atoms with Crippen molar-refractivity contribution in [3.63, 3.8) is 0 Å². The molecule has 11 nitrogen and oxygen atoms in total. The Bertz CT molecular complexity index is 1320. The molecular weight excluding hydrogens is 490 g/mol. The zero-order valence-electron chi connectivity index (χ0n) is 21.4. The standard InChI is InChI=1S/C27H29N5O6/c1-17(2)38-25(33)23-18(3)28-27(35)31(24(23)20-11-7-12-21(15-20)32(36)37)14-8-13-30-16-22(29-26(30)34)19-9-5-4-6-10-19/h4-7,9-12,15,17,24H,8,13-14,16H2,1-3H3,(H,28,35). The Kier molecular flexibility index (Phi) is 7.85. The number of nitro groups is 1. The second-order valence-electron chi connectivity index (χ2n) is 9.35. The molecule has 38 heavy (non-hydrogen) atoms. The number of aliphatic imine (C=N–C) groups is 1. The Morgan fingerprint density at radius 2 is 1.89 bits per heavy atom. The highest BCUT2D eigenvalue weighted by molar-refractivity contribution is 6.11. The third-order valence-corrected chi connectivity index (χ3v) is 6.28. The summed E-state index contributed by atoms with van der Waals surface area (Å²) in [6.45, 7) is 5.90. The maximum Gasteiger partial charge on any atom is 0.344 e. The van der Waals surface area contributed by atoms with Crippen molar-refractivity contribution in [2.24, 2.45) is 4.99 Å². The normalized spacial score (nSPS) is 17.6. The highest BCUT2D eigenvalue weighted by Crippen LogP contribution is 2.36. The molecule has 2 aliphatic rings. The lowest BCUT2D eigenvalue weighted by atomic mass is 9.93. The number of urea groups is 2. The monoisotopic (exact) mass is 519 g/mol. The van der Waals surface area contributed by atoms with Crippen LogP contribution in [0.25, 0.3) is 0 Å². The highest BCUT2D eigenvalue weighted by Gasteiger charge is 2.39. The number of benzene rings is 2. The third-order valence-electron chi connectivity index (χ3n) is 6.28. The van der Waals surface area contributed by atoms with Gasteiger partial charge < -0.3 is 19.9 Å². The van der Waals surface area contributed by atoms with Crippen LogP contribution < -0.4 is 5.32 Å². The van der Waals surface area contributed by atoms with Crippen LogP contribution in [0, 0.1) is 10.1 Å². The Labute approximate surface area is 219 Å². The molecule has 4 rings (SSSR count). The van der Waals surface area contributed by atoms with E-state index in [2.05, 4.69) is 10.3 Å². The summed E-state index contributed by atoms with van der Waals surface area (Å²) >= 11 is 0. The number of carbonyl (C=O) groups is 3. The van der Waals surface area contributed by atoms with Crippen LogP contribution in [0.15, 0.2) is 70.9 Å². The van der Waals surface area contributed by atoms with Gasteiger partial charge in [0.05, 0.1) is 34.9 Å². The molecule has 4 amide bonds. The largest absolute Gasteiger partial charge is 0.459 e. The van der Waals surface area contributed by atoms with Crippen molar-refractivity contribution >= 4 is 29.4 Å². The van der Waals surface area contributed by atoms with Gasteiger partial charge in [0.25, 0.3) is 5.69 Å². The maximum atomic E-state index is 13.1. The number of nitrogens with one attached hydrogen (secondary N) is 1. The van der Waals surface area contributed by atoms with Gasteiger partial charge in [-0.05, 0) is 38.3 Å². The molecule has 0 saturated carbocycles. The molecule has 198 valence electrons. The summed E-state index contributed by atoms with van der Waals surface area (Å²) in [5.41, 5.74) is 2.33. The smallest absolute Gasteiger partial charge is 0.344 e. The van der Waals surface area contributed by atoms with Crippen molar-refractivity contribution in [2.75, 3.05) is 19.6 Å². The number of esters is 1. The fourth-order valence-corrected chi connectivity index (χ4v) is 4.57. The molecule has 1 unspecified atom stereocenters. The number of nitro benzene ring substituents is 1. The molecule has 0 fully saturated rings. The average molecular weight is 520 g/mol. The minimum Gasteiger partial charge on any atom is -0.459 e. The molecule has 2 aliphatic heterocycles. The molecule has 11 heteroatoms. The molecule has 0 bridgehead atoms. The lowest BCUT2D eigenvalue weighted by Crippen LogP contribution is -2.49. The maximum absolute atomic E-state index is 13.1. The number of carbonyl (C=O) groups excluding carboxylic acids is 3. The number of hydrogen-bond donors (Lipinski definition) is 1. The zero-order chi connectivity index (χ0) is 27.4. The molecule has 0 aromatic heterocycles. The molecule has 1 atom stereocenters. The van der Waals surface area contributed by atoms with Gasteiger partial charge >= 0.3 is 18.0 Å². The van der Waals surface area contributed by atoms with Crippen molar-refractivity contribution in [2.45, 2.75) is 39.3 Å². The van der Waals surface area contributed by atoms with Gasteiger partial charge in [-0.2, -0.15) is 4.99 Å². The van der Waals surface area contributed by atoms with E-state index in [1.54, 1.807) is 31.7 Å². The molecule has 0 aliphatic carbocycles. The van der Waals surface area contributed by atoms with Crippen molar-refractivity contribution in [1.82, 2.24) is 15.1 Å². The molecule has 0 saturated heterocycles. The van der Waals surface area contributed by atoms with Gasteiger partial charge in [0.2, 0.25) is 0 Å². The predicted octanol–water partition coefficient (Wildman–Crippen LogP) is 4.20. The second kappa shape index (κ2) is 11.2. The van der Waals surface area contributed by atoms with Gasteiger partial charge in [-0.3, -0.25) is 10.1 Å². The van der Waals surface area contributed by atoms with E-state index >= 15 is 0 Å². The molecule has 2 aromatic rings. The van der Waals surface area contributed by atoms with E-state index in [0.29, 0.717) is 36.5 Å². The minimum absolute atomic E-state index is 0.157. The first-order chi connectivity index (χ1) is 18.2. The van der Waals surface area contributed by atoms with Crippen molar-refractivity contribution < 1.29 is 24.0 Å². The Morgan fingerprint density at radius 3 is 2.58 bits per heavy atom. The Hall–Kier alpha value is -4.54. The van der Waals surface area contributed by atoms with Crippen molar-refractivity contribution in [3.05, 3.63) is 87.1 Å². The second-order valence-corrected chi connectivity index (χ2v) is 9.35. The lowest BCUT2D eigenvalue weighted by Gasteiger charge is -2.38. The van der Waals surface area contributed by atoms with E-state index in [-0.39, 0.29) is 23.8 Å². The number of hydrogen-bond acceptors (Lipinski definition) is 6. The van der Waals surface area contributed by atoms with Crippen LogP contribution in [-0.4, -0.2) is 64.2 Å². The molecule has 2 heterocycles. The summed E-state index contributed by atoms with van der Waals surface area (Å²) in [7, 11) is 0. The predicted molar refractivity (Wildman–Crippen MR) is 140 cm³/mol. The van der Waals surface area contributed by atoms with Crippen LogP contribution in [0.3, 0.4) is 0 Å². The molecule has 2 aromatic carbocycles. The fraction of sp³-hybridized carbons (Fsp3) is 0.333. The Balaban J connectivity index is 1.56. The lowest BCUT2D eigenvalue weighted by molar-refractivity contribution is -0.384. The average Bonchev–Trinajstić information content (AvgIpc) is 3.25. The van der Waals surface area contributed by atoms with E-state index in [0.717, 1.165) is 5.56 Å². The third kappa shape index (κ3) is 5.72. The quantitative estimate of drug-likeness (QED) is 0.300. The van der Waals surface area contributed by atoms with Gasteiger partial charge in [-0.15, -0.1) is 0 Å². The number of rotatable bonds is 9. The van der Waals surface area contributed by atoms with E-state index in [9.17, 15) is 24.5 Å². The summed E-state index contributed by atoms with van der Waals surface area (Å²) in [4.78, 5) is 56.8. The Morgan fingerprint density at radius 1 is 1.16 bits per heavy atom. The molecule has 0 radical (unpaired) electrons. The summed E-state index contributed by atoms with van der Waals surface area (Å²) in [5.74, 6) is -0.616. The van der Waals surface area contributed by atoms with Crippen LogP contribution >= 0.6 is 0 Å². The van der Waals surface area contributed by atoms with Crippen molar-refractivity contribution in [3.8, 4) is 0 Å². The van der Waals surface area contributed by atoms with Gasteiger partial charge in [-0.25, -0.2) is 14.4 Å². The first-order valence-corrected chi connectivity index (χ1v) is 12.3. The zero-order valence-corrected chi connectivity index (χ0v) is 21.4. The highest BCUT2D eigenvalue weighted by atomic mass is 16.6. The van der Waals surface area contributed by atoms with Crippen LogP contribution in [0.1, 0.15) is 44.4 Å². The van der Waals surface area contributed by atoms with E-state index < -0.39 is 29.1 Å². The molecular formula is C27H29N5O6. The van der Waals surface area contributed by atoms with Gasteiger partial charge in [0, 0.05) is 30.9 Å². The summed E-state index contributed by atoms with van der Waals surface area (Å²) < 4.78 is 5.45. The van der Waals surface area contributed by atoms with Crippen LogP contribution in [-0.2, 0) is 9.53 Å². The number of non-ortho nitro benzene ring substituents is 1. The number of nitrogens with zero attached hydrogens (tertiary/aromatic N) is 4. The van der Waals surface area contributed by atoms with E-state index in [1.165, 1.54) is 23.1 Å². The topological polar surface area (TPSA) is 134 Å². The summed E-state index contributed by atoms with van der Waals surface area (Å²) in [6.07, 6.45) is -0.00656. The molecule has 0 spiro atoms. The van der Waals surface area contributed by atoms with Crippen LogP contribution in [0.4, 0.5) is 15.3 Å². The van der Waals surface area contributed by atoms with Crippen molar-refractivity contribution in [1.29, 1.82) is 0 Å². The van der Waals surface area contributed by atoms with Crippen LogP contribution in [0.5, 0.6) is 0 Å². The molecule has 1 N–H and O–H groups in total. The van der Waals surface area contributed by atoms with Gasteiger partial charge in [-0.1, -0.05) is 42.5 Å². The van der Waals surface area contributed by atoms with E-state index in [1.807, 2.05) is 30.3 Å². The summed E-state index contributed by atoms with van der Waals surface area (Å²) in [5, 5.41) is 14.2. The number of allylic oxidation sites excluding steroid dienone is 1. The van der Waals surface area contributed by atoms with Gasteiger partial charge in [0.15, 0.2) is 0 Å². The number of ether oxygens (including phenoxy) is 1.